The Labute approximate surface area is 72.8 Å². The van der Waals surface area contributed by atoms with Crippen LogP contribution in [-0.2, 0) is 9.53 Å². The molecular formula is C6H10O7. The quantitative estimate of drug-likeness (QED) is 0.298. The van der Waals surface area contributed by atoms with Crippen LogP contribution in [0.1, 0.15) is 0 Å². The first-order valence-electron chi connectivity index (χ1n) is 3.55. The van der Waals surface area contributed by atoms with E-state index < -0.39 is 36.7 Å². The number of aliphatic hydroxyl groups is 4. The van der Waals surface area contributed by atoms with E-state index in [0.717, 1.165) is 0 Å². The van der Waals surface area contributed by atoms with E-state index in [2.05, 4.69) is 4.74 Å². The van der Waals surface area contributed by atoms with E-state index in [1.807, 2.05) is 0 Å². The fourth-order valence-electron chi connectivity index (χ4n) is 1.07. The molecule has 0 spiro atoms. The molecule has 1 fully saturated rings. The number of hydrogen-bond donors (Lipinski definition) is 5. The topological polar surface area (TPSA) is 127 Å². The van der Waals surface area contributed by atoms with Gasteiger partial charge in [0.15, 0.2) is 12.4 Å². The number of aliphatic carboxylic acids is 1. The van der Waals surface area contributed by atoms with E-state index in [1.165, 1.54) is 0 Å². The number of rotatable bonds is 1. The summed E-state index contributed by atoms with van der Waals surface area (Å²) >= 11 is 0. The van der Waals surface area contributed by atoms with Crippen LogP contribution in [0.3, 0.4) is 0 Å². The SMILES string of the molecule is O=C(O)C1OC(O)[C@@H](O)C(O)C1O. The maximum atomic E-state index is 10.4. The predicted molar refractivity (Wildman–Crippen MR) is 36.5 cm³/mol. The van der Waals surface area contributed by atoms with Crippen LogP contribution in [0.25, 0.3) is 0 Å². The fraction of sp³-hybridized carbons (Fsp3) is 0.833. The molecule has 1 aliphatic heterocycles. The van der Waals surface area contributed by atoms with E-state index in [4.69, 9.17) is 25.5 Å². The summed E-state index contributed by atoms with van der Waals surface area (Å²) in [6.07, 6.45) is -8.72. The van der Waals surface area contributed by atoms with Crippen LogP contribution in [-0.4, -0.2) is 62.2 Å². The number of carboxylic acids is 1. The second-order valence-corrected chi connectivity index (χ2v) is 2.76. The lowest BCUT2D eigenvalue weighted by atomic mass is 9.99. The first kappa shape index (κ1) is 10.4. The average molecular weight is 194 g/mol. The van der Waals surface area contributed by atoms with Crippen molar-refractivity contribution in [3.05, 3.63) is 0 Å². The zero-order chi connectivity index (χ0) is 10.2. The molecule has 7 heteroatoms. The smallest absolute Gasteiger partial charge is 0.335 e. The first-order valence-corrected chi connectivity index (χ1v) is 3.55. The monoisotopic (exact) mass is 194 g/mol. The summed E-state index contributed by atoms with van der Waals surface area (Å²) in [5.74, 6) is -1.52. The molecule has 0 aromatic carbocycles. The Morgan fingerprint density at radius 1 is 1.00 bits per heavy atom. The molecule has 7 nitrogen and oxygen atoms in total. The van der Waals surface area contributed by atoms with Gasteiger partial charge in [0.05, 0.1) is 0 Å². The Hall–Kier alpha value is -0.730. The van der Waals surface area contributed by atoms with Crippen LogP contribution in [0.5, 0.6) is 0 Å². The van der Waals surface area contributed by atoms with Crippen molar-refractivity contribution in [3.8, 4) is 0 Å². The molecule has 4 unspecified atom stereocenters. The number of ether oxygens (including phenoxy) is 1. The average Bonchev–Trinajstić information content (AvgIpc) is 2.07. The first-order chi connectivity index (χ1) is 5.95. The molecule has 1 heterocycles. The minimum atomic E-state index is -1.81. The van der Waals surface area contributed by atoms with Crippen molar-refractivity contribution in [2.45, 2.75) is 30.7 Å². The molecule has 5 atom stereocenters. The number of carboxylic acid groups (broad SMARTS) is 1. The lowest BCUT2D eigenvalue weighted by Crippen LogP contribution is -2.59. The molecule has 0 bridgehead atoms. The van der Waals surface area contributed by atoms with Crippen LogP contribution in [0.15, 0.2) is 0 Å². The number of aliphatic hydroxyl groups excluding tert-OH is 4. The standard InChI is InChI=1S/C6H10O7/c7-1-2(8)4(5(10)11)13-6(12)3(1)9/h1-4,6-9,12H,(H,10,11)/t1?,2?,3-,4?,6?/m0/s1. The van der Waals surface area contributed by atoms with Crippen LogP contribution in [0.4, 0.5) is 0 Å². The maximum Gasteiger partial charge on any atom is 0.335 e. The summed E-state index contributed by atoms with van der Waals surface area (Å²) in [4.78, 5) is 10.4. The molecule has 5 N–H and O–H groups in total. The van der Waals surface area contributed by atoms with Gasteiger partial charge in [-0.3, -0.25) is 0 Å². The minimum absolute atomic E-state index is 1.52. The molecule has 0 aromatic heterocycles. The van der Waals surface area contributed by atoms with Gasteiger partial charge in [0.1, 0.15) is 18.3 Å². The molecule has 0 amide bonds. The van der Waals surface area contributed by atoms with E-state index in [0.29, 0.717) is 0 Å². The molecule has 1 aliphatic rings. The van der Waals surface area contributed by atoms with Crippen molar-refractivity contribution in [1.82, 2.24) is 0 Å². The summed E-state index contributed by atoms with van der Waals surface area (Å²) in [6.45, 7) is 0. The van der Waals surface area contributed by atoms with E-state index in [9.17, 15) is 4.79 Å². The number of hydrogen-bond acceptors (Lipinski definition) is 6. The van der Waals surface area contributed by atoms with Crippen LogP contribution < -0.4 is 0 Å². The van der Waals surface area contributed by atoms with E-state index in [-0.39, 0.29) is 0 Å². The molecule has 76 valence electrons. The maximum absolute atomic E-state index is 10.4. The molecule has 13 heavy (non-hydrogen) atoms. The Balaban J connectivity index is 2.76. The molecule has 0 aromatic rings. The van der Waals surface area contributed by atoms with Gasteiger partial charge in [-0.2, -0.15) is 0 Å². The third-order valence-corrected chi connectivity index (χ3v) is 1.83. The second kappa shape index (κ2) is 3.56. The minimum Gasteiger partial charge on any atom is -0.479 e. The Morgan fingerprint density at radius 2 is 1.54 bits per heavy atom. The molecule has 0 saturated carbocycles. The van der Waals surface area contributed by atoms with Crippen molar-refractivity contribution < 1.29 is 35.1 Å². The van der Waals surface area contributed by atoms with Crippen LogP contribution in [0.2, 0.25) is 0 Å². The van der Waals surface area contributed by atoms with Crippen molar-refractivity contribution in [1.29, 1.82) is 0 Å². The normalized spacial score (nSPS) is 46.0. The molecule has 0 aliphatic carbocycles. The van der Waals surface area contributed by atoms with Gasteiger partial charge in [-0.05, 0) is 0 Å². The highest BCUT2D eigenvalue weighted by Gasteiger charge is 2.46. The van der Waals surface area contributed by atoms with Crippen molar-refractivity contribution in [2.24, 2.45) is 0 Å². The predicted octanol–water partition coefficient (Wildman–Crippen LogP) is -3.13. The highest BCUT2D eigenvalue weighted by Crippen LogP contribution is 2.19. The van der Waals surface area contributed by atoms with Crippen molar-refractivity contribution in [3.63, 3.8) is 0 Å². The molecule has 1 saturated heterocycles. The highest BCUT2D eigenvalue weighted by atomic mass is 16.6. The fourth-order valence-corrected chi connectivity index (χ4v) is 1.07. The Morgan fingerprint density at radius 3 is 2.00 bits per heavy atom. The van der Waals surface area contributed by atoms with Gasteiger partial charge < -0.3 is 30.3 Å². The Bertz CT molecular complexity index is 205. The van der Waals surface area contributed by atoms with Gasteiger partial charge in [-0.15, -0.1) is 0 Å². The van der Waals surface area contributed by atoms with Crippen molar-refractivity contribution >= 4 is 5.97 Å². The molecule has 1 rings (SSSR count). The van der Waals surface area contributed by atoms with E-state index in [1.54, 1.807) is 0 Å². The molecular weight excluding hydrogens is 184 g/mol. The largest absolute Gasteiger partial charge is 0.479 e. The summed E-state index contributed by atoms with van der Waals surface area (Å²) in [5, 5.41) is 44.4. The van der Waals surface area contributed by atoms with Gasteiger partial charge in [0.25, 0.3) is 0 Å². The summed E-state index contributed by atoms with van der Waals surface area (Å²) < 4.78 is 4.34. The lowest BCUT2D eigenvalue weighted by Gasteiger charge is -2.36. The third-order valence-electron chi connectivity index (χ3n) is 1.83. The van der Waals surface area contributed by atoms with Crippen LogP contribution >= 0.6 is 0 Å². The van der Waals surface area contributed by atoms with E-state index >= 15 is 0 Å². The Kier molecular flexibility index (Phi) is 2.84. The van der Waals surface area contributed by atoms with Gasteiger partial charge in [-0.1, -0.05) is 0 Å². The molecule has 0 radical (unpaired) electrons. The second-order valence-electron chi connectivity index (χ2n) is 2.76. The third kappa shape index (κ3) is 1.79. The van der Waals surface area contributed by atoms with Gasteiger partial charge in [0, 0.05) is 0 Å². The summed E-state index contributed by atoms with van der Waals surface area (Å²) in [5.41, 5.74) is 0. The van der Waals surface area contributed by atoms with Gasteiger partial charge >= 0.3 is 5.97 Å². The highest BCUT2D eigenvalue weighted by molar-refractivity contribution is 5.73. The van der Waals surface area contributed by atoms with Gasteiger partial charge in [0.2, 0.25) is 0 Å². The van der Waals surface area contributed by atoms with Gasteiger partial charge in [-0.25, -0.2) is 4.79 Å². The van der Waals surface area contributed by atoms with Crippen LogP contribution in [0, 0.1) is 0 Å². The van der Waals surface area contributed by atoms with Crippen molar-refractivity contribution in [2.75, 3.05) is 0 Å². The summed E-state index contributed by atoms with van der Waals surface area (Å²) in [6, 6.07) is 0. The zero-order valence-corrected chi connectivity index (χ0v) is 6.44. The zero-order valence-electron chi connectivity index (χ0n) is 6.44. The summed E-state index contributed by atoms with van der Waals surface area (Å²) in [7, 11) is 0. The lowest BCUT2D eigenvalue weighted by molar-refractivity contribution is -0.279. The number of carbonyl (C=O) groups is 1.